The van der Waals surface area contributed by atoms with Crippen molar-refractivity contribution in [2.45, 2.75) is 77.5 Å². The second kappa shape index (κ2) is 17.3. The fourth-order valence-corrected chi connectivity index (χ4v) is 10.00. The molecule has 0 fully saturated rings. The number of esters is 2. The molecule has 2 heterocycles. The second-order valence-electron chi connectivity index (χ2n) is 15.2. The lowest BCUT2D eigenvalue weighted by atomic mass is 9.92. The van der Waals surface area contributed by atoms with E-state index in [9.17, 15) is 32.2 Å². The van der Waals surface area contributed by atoms with E-state index in [0.29, 0.717) is 72.4 Å². The van der Waals surface area contributed by atoms with Crippen LogP contribution >= 0.6 is 0 Å². The molecule has 4 atom stereocenters. The summed E-state index contributed by atoms with van der Waals surface area (Å²) in [6.07, 6.45) is 6.61. The van der Waals surface area contributed by atoms with Crippen molar-refractivity contribution in [3.05, 3.63) is 137 Å². The molecule has 0 saturated carbocycles. The highest BCUT2D eigenvalue weighted by Crippen LogP contribution is 2.40. The minimum Gasteiger partial charge on any atom is -0.755 e. The van der Waals surface area contributed by atoms with Crippen molar-refractivity contribution in [1.82, 2.24) is 19.6 Å². The van der Waals surface area contributed by atoms with Crippen molar-refractivity contribution >= 4 is 45.8 Å². The van der Waals surface area contributed by atoms with Crippen LogP contribution in [0.4, 0.5) is 11.4 Å². The maximum absolute atomic E-state index is 13.1. The number of hydrogen-bond acceptors (Lipinski definition) is 10. The monoisotopic (exact) mass is 846 g/mol. The molecule has 0 aliphatic heterocycles. The number of aryl methyl sites for hydroxylation is 2. The molecule has 0 radical (unpaired) electrons. The van der Waals surface area contributed by atoms with Crippen LogP contribution in [-0.2, 0) is 62.8 Å². The van der Waals surface area contributed by atoms with Crippen LogP contribution in [0.15, 0.2) is 103 Å². The number of nitrogens with zero attached hydrogens (tertiary/aromatic N) is 6. The van der Waals surface area contributed by atoms with Crippen LogP contribution in [-0.4, -0.2) is 54.1 Å². The van der Waals surface area contributed by atoms with Gasteiger partial charge in [-0.1, -0.05) is 65.7 Å². The molecular formula is C44H42N6O8S2-2. The van der Waals surface area contributed by atoms with Crippen molar-refractivity contribution in [1.29, 1.82) is 0 Å². The Balaban J connectivity index is 0.928. The first-order valence-electron chi connectivity index (χ1n) is 19.6. The van der Waals surface area contributed by atoms with Gasteiger partial charge in [0.2, 0.25) is 0 Å². The quantitative estimate of drug-likeness (QED) is 0.0775. The molecular weight excluding hydrogens is 805 g/mol. The van der Waals surface area contributed by atoms with Gasteiger partial charge in [0.05, 0.1) is 24.5 Å². The molecule has 0 bridgehead atoms. The number of fused-ring (bicyclic) bond motifs is 2. The minimum atomic E-state index is -2.64. The molecule has 0 saturated heterocycles. The molecule has 2 aromatic heterocycles. The van der Waals surface area contributed by atoms with Crippen LogP contribution in [0, 0.1) is 13.8 Å². The number of rotatable bonds is 12. The largest absolute Gasteiger partial charge is 0.755 e. The number of aromatic hydroxyl groups is 1. The predicted octanol–water partition coefficient (Wildman–Crippen LogP) is 6.86. The van der Waals surface area contributed by atoms with Crippen LogP contribution < -0.4 is 8.61 Å². The fourth-order valence-electron chi connectivity index (χ4n) is 8.55. The molecule has 0 amide bonds. The third kappa shape index (κ3) is 8.54. The smallest absolute Gasteiger partial charge is 0.335 e. The molecule has 0 spiro atoms. The number of phenols is 1. The lowest BCUT2D eigenvalue weighted by Gasteiger charge is -2.37. The van der Waals surface area contributed by atoms with Gasteiger partial charge in [-0.3, -0.25) is 26.4 Å². The Morgan fingerprint density at radius 3 is 1.60 bits per heavy atom. The Morgan fingerprint density at radius 1 is 0.683 bits per heavy atom. The summed E-state index contributed by atoms with van der Waals surface area (Å²) in [7, 11) is 0. The van der Waals surface area contributed by atoms with E-state index in [2.05, 4.69) is 28.4 Å². The number of aromatic nitrogens is 4. The molecule has 14 nitrogen and oxygen atoms in total. The molecule has 4 aromatic carbocycles. The number of phenolic OH excluding ortho intramolecular Hbond substituents is 1. The van der Waals surface area contributed by atoms with Gasteiger partial charge < -0.3 is 18.9 Å². The summed E-state index contributed by atoms with van der Waals surface area (Å²) >= 11 is -5.25. The topological polar surface area (TPSA) is 186 Å². The molecule has 16 heteroatoms. The van der Waals surface area contributed by atoms with Crippen LogP contribution in [0.2, 0.25) is 0 Å². The third-order valence-electron chi connectivity index (χ3n) is 11.1. The zero-order valence-electron chi connectivity index (χ0n) is 32.9. The average Bonchev–Trinajstić information content (AvgIpc) is 3.82. The Morgan fingerprint density at radius 2 is 1.15 bits per heavy atom. The zero-order chi connectivity index (χ0) is 42.1. The van der Waals surface area contributed by atoms with E-state index in [1.807, 2.05) is 32.0 Å². The second-order valence-corrected chi connectivity index (χ2v) is 16.8. The zero-order valence-corrected chi connectivity index (χ0v) is 34.6. The van der Waals surface area contributed by atoms with Gasteiger partial charge in [-0.2, -0.15) is 10.2 Å². The van der Waals surface area contributed by atoms with E-state index in [1.54, 1.807) is 67.0 Å². The number of carbonyl (C=O) groups is 2. The van der Waals surface area contributed by atoms with E-state index in [4.69, 9.17) is 4.74 Å². The molecule has 1 N–H and O–H groups in total. The van der Waals surface area contributed by atoms with E-state index >= 15 is 0 Å². The summed E-state index contributed by atoms with van der Waals surface area (Å²) in [5.74, 6) is -1.54. The van der Waals surface area contributed by atoms with Crippen molar-refractivity contribution in [2.24, 2.45) is 0 Å². The first-order chi connectivity index (χ1) is 28.9. The molecule has 6 aromatic rings. The maximum atomic E-state index is 13.1. The maximum Gasteiger partial charge on any atom is 0.335 e. The third-order valence-corrected chi connectivity index (χ3v) is 12.7. The Labute approximate surface area is 352 Å². The summed E-state index contributed by atoms with van der Waals surface area (Å²) in [5.41, 5.74) is 9.55. The number of ether oxygens (including phenoxy) is 1. The van der Waals surface area contributed by atoms with Gasteiger partial charge >= 0.3 is 11.9 Å². The molecule has 4 unspecified atom stereocenters. The van der Waals surface area contributed by atoms with E-state index in [-0.39, 0.29) is 18.8 Å². The summed E-state index contributed by atoms with van der Waals surface area (Å²) in [6.45, 7) is 3.36. The van der Waals surface area contributed by atoms with Crippen molar-refractivity contribution in [3.8, 4) is 28.0 Å². The summed E-state index contributed by atoms with van der Waals surface area (Å²) < 4.78 is 61.6. The Hall–Kier alpha value is -5.94. The number of anilines is 2. The highest BCUT2D eigenvalue weighted by atomic mass is 32.2. The van der Waals surface area contributed by atoms with Gasteiger partial charge in [0, 0.05) is 56.4 Å². The number of carbonyl (C=O) groups excluding carboxylic acids is 2. The van der Waals surface area contributed by atoms with Gasteiger partial charge in [0.15, 0.2) is 0 Å². The average molecular weight is 847 g/mol. The van der Waals surface area contributed by atoms with E-state index < -0.39 is 46.6 Å². The lowest BCUT2D eigenvalue weighted by Crippen LogP contribution is -2.33. The van der Waals surface area contributed by atoms with Crippen molar-refractivity contribution < 1.29 is 37.0 Å². The minimum absolute atomic E-state index is 0.126. The van der Waals surface area contributed by atoms with Crippen LogP contribution in [0.25, 0.3) is 22.3 Å². The van der Waals surface area contributed by atoms with Crippen LogP contribution in [0.1, 0.15) is 71.4 Å². The highest BCUT2D eigenvalue weighted by molar-refractivity contribution is 7.80. The Kier molecular flexibility index (Phi) is 11.8. The summed E-state index contributed by atoms with van der Waals surface area (Å²) in [6, 6.07) is 26.3. The van der Waals surface area contributed by atoms with Gasteiger partial charge in [-0.05, 0) is 111 Å². The predicted molar refractivity (Wildman–Crippen MR) is 225 cm³/mol. The number of benzene rings is 4. The number of hydrogen-bond donors (Lipinski definition) is 1. The van der Waals surface area contributed by atoms with Gasteiger partial charge in [0.25, 0.3) is 0 Å². The lowest BCUT2D eigenvalue weighted by molar-refractivity contribution is -0.160. The highest BCUT2D eigenvalue weighted by Gasteiger charge is 2.33. The summed E-state index contributed by atoms with van der Waals surface area (Å²) in [5, 5.41) is 18.7. The fraction of sp³-hybridized carbons (Fsp3) is 0.273. The standard InChI is InChI=1S/C44H44N6O8S2/c1-28-20-29(2)22-33(21-28)31-14-18-35(19-15-31)50(60(56)57)42-11-5-9-40-38(42)25-46-48(40)27-44(53)58-43(52)26-47-39-8-4-10-41(37(39)24-45-47)49(59(54)55)34-16-12-30(13-17-34)32-6-3-7-36(51)23-32/h3,6-7,12-25,41-42,51H,4-5,8-11,26-27H2,1-2H3,(H,54,55)(H,56,57)/p-2. The Bertz CT molecular complexity index is 2590. The van der Waals surface area contributed by atoms with Crippen molar-refractivity contribution in [2.75, 3.05) is 8.61 Å². The van der Waals surface area contributed by atoms with Gasteiger partial charge in [0.1, 0.15) is 18.8 Å². The van der Waals surface area contributed by atoms with E-state index in [0.717, 1.165) is 33.4 Å². The van der Waals surface area contributed by atoms with E-state index in [1.165, 1.54) is 18.0 Å². The summed E-state index contributed by atoms with van der Waals surface area (Å²) in [4.78, 5) is 26.3. The first kappa shape index (κ1) is 40.8. The van der Waals surface area contributed by atoms with Crippen LogP contribution in [0.3, 0.4) is 0 Å². The molecule has 8 rings (SSSR count). The molecule has 310 valence electrons. The first-order valence-corrected chi connectivity index (χ1v) is 21.7. The van der Waals surface area contributed by atoms with Crippen molar-refractivity contribution in [3.63, 3.8) is 0 Å². The SMILES string of the molecule is Cc1cc(C)cc(-c2ccc(N(C3CCCc4c3cnn4CC(=O)OC(=O)Cn3ncc4c3CCCC4N(c3ccc(-c4cccc(O)c4)cc3)S(=O)[O-])S(=O)[O-])cc2)c1. The molecule has 60 heavy (non-hydrogen) atoms. The molecule has 2 aliphatic carbocycles. The van der Waals surface area contributed by atoms with Crippen LogP contribution in [0.5, 0.6) is 5.75 Å². The van der Waals surface area contributed by atoms with Gasteiger partial charge in [-0.25, -0.2) is 9.59 Å². The normalized spacial score (nSPS) is 16.9. The van der Waals surface area contributed by atoms with Gasteiger partial charge in [-0.15, -0.1) is 0 Å². The molecule has 2 aliphatic rings.